The molecule has 0 atom stereocenters. The van der Waals surface area contributed by atoms with Crippen molar-refractivity contribution in [1.29, 1.82) is 0 Å². The van der Waals surface area contributed by atoms with E-state index in [0.717, 1.165) is 24.6 Å². The number of nitrogens with one attached hydrogen (secondary N) is 2. The standard InChI is InChI=1S/C14H24N4O2/c1-15-14(18-9-10-20-12-11-19-2)17-8-6-13-5-3-4-7-16-13/h3-5,7H,6,8-12H2,1-2H3,(H2,15,17,18). The van der Waals surface area contributed by atoms with E-state index < -0.39 is 0 Å². The smallest absolute Gasteiger partial charge is 0.191 e. The van der Waals surface area contributed by atoms with Gasteiger partial charge in [0, 0.05) is 45.6 Å². The summed E-state index contributed by atoms with van der Waals surface area (Å²) in [5, 5.41) is 6.42. The van der Waals surface area contributed by atoms with E-state index in [1.54, 1.807) is 20.4 Å². The highest BCUT2D eigenvalue weighted by Gasteiger charge is 1.98. The number of pyridine rings is 1. The molecule has 0 spiro atoms. The summed E-state index contributed by atoms with van der Waals surface area (Å²) in [7, 11) is 3.41. The molecule has 0 unspecified atom stereocenters. The van der Waals surface area contributed by atoms with Crippen LogP contribution >= 0.6 is 0 Å². The van der Waals surface area contributed by atoms with Gasteiger partial charge in [0.05, 0.1) is 19.8 Å². The van der Waals surface area contributed by atoms with Crippen molar-refractivity contribution >= 4 is 5.96 Å². The van der Waals surface area contributed by atoms with Crippen LogP contribution in [-0.4, -0.2) is 58.0 Å². The molecule has 112 valence electrons. The van der Waals surface area contributed by atoms with Crippen molar-refractivity contribution in [2.24, 2.45) is 4.99 Å². The molecular formula is C14H24N4O2. The van der Waals surface area contributed by atoms with Gasteiger partial charge in [-0.05, 0) is 12.1 Å². The number of rotatable bonds is 9. The minimum Gasteiger partial charge on any atom is -0.382 e. The molecule has 0 aliphatic heterocycles. The van der Waals surface area contributed by atoms with Crippen molar-refractivity contribution in [2.45, 2.75) is 6.42 Å². The predicted molar refractivity (Wildman–Crippen MR) is 80.0 cm³/mol. The maximum atomic E-state index is 5.36. The fourth-order valence-corrected chi connectivity index (χ4v) is 1.56. The van der Waals surface area contributed by atoms with E-state index in [1.165, 1.54) is 0 Å². The molecule has 20 heavy (non-hydrogen) atoms. The maximum Gasteiger partial charge on any atom is 0.191 e. The predicted octanol–water partition coefficient (Wildman–Crippen LogP) is 0.452. The van der Waals surface area contributed by atoms with Crippen LogP contribution in [0.4, 0.5) is 0 Å². The SMILES string of the molecule is CN=C(NCCOCCOC)NCCc1ccccn1. The van der Waals surface area contributed by atoms with E-state index >= 15 is 0 Å². The fraction of sp³-hybridized carbons (Fsp3) is 0.571. The van der Waals surface area contributed by atoms with Crippen LogP contribution in [0.2, 0.25) is 0 Å². The van der Waals surface area contributed by atoms with E-state index in [4.69, 9.17) is 9.47 Å². The van der Waals surface area contributed by atoms with Gasteiger partial charge in [0.2, 0.25) is 0 Å². The number of methoxy groups -OCH3 is 1. The number of aliphatic imine (C=N–C) groups is 1. The van der Waals surface area contributed by atoms with Crippen LogP contribution in [0.1, 0.15) is 5.69 Å². The quantitative estimate of drug-likeness (QED) is 0.390. The Balaban J connectivity index is 2.08. The highest BCUT2D eigenvalue weighted by molar-refractivity contribution is 5.79. The molecule has 0 amide bonds. The first-order chi connectivity index (χ1) is 9.86. The van der Waals surface area contributed by atoms with Gasteiger partial charge in [-0.25, -0.2) is 0 Å². The van der Waals surface area contributed by atoms with Crippen LogP contribution in [0, 0.1) is 0 Å². The van der Waals surface area contributed by atoms with Gasteiger partial charge in [-0.3, -0.25) is 9.98 Å². The zero-order valence-electron chi connectivity index (χ0n) is 12.3. The second-order valence-electron chi connectivity index (χ2n) is 4.10. The molecule has 1 heterocycles. The Morgan fingerprint density at radius 1 is 1.20 bits per heavy atom. The van der Waals surface area contributed by atoms with Crippen molar-refractivity contribution in [3.05, 3.63) is 30.1 Å². The molecule has 0 aromatic carbocycles. The second kappa shape index (κ2) is 11.2. The third-order valence-corrected chi connectivity index (χ3v) is 2.59. The van der Waals surface area contributed by atoms with Crippen LogP contribution in [-0.2, 0) is 15.9 Å². The number of ether oxygens (including phenoxy) is 2. The first-order valence-electron chi connectivity index (χ1n) is 6.78. The Labute approximate surface area is 120 Å². The lowest BCUT2D eigenvalue weighted by Gasteiger charge is -2.11. The molecule has 1 aromatic rings. The van der Waals surface area contributed by atoms with Crippen LogP contribution in [0.5, 0.6) is 0 Å². The number of hydrogen-bond acceptors (Lipinski definition) is 4. The van der Waals surface area contributed by atoms with Gasteiger partial charge in [-0.15, -0.1) is 0 Å². The number of nitrogens with zero attached hydrogens (tertiary/aromatic N) is 2. The van der Waals surface area contributed by atoms with Crippen molar-refractivity contribution in [1.82, 2.24) is 15.6 Å². The molecule has 0 aliphatic carbocycles. The van der Waals surface area contributed by atoms with Crippen molar-refractivity contribution in [3.8, 4) is 0 Å². The van der Waals surface area contributed by atoms with Crippen LogP contribution in [0.25, 0.3) is 0 Å². The minimum atomic E-state index is 0.615. The largest absolute Gasteiger partial charge is 0.382 e. The monoisotopic (exact) mass is 280 g/mol. The lowest BCUT2D eigenvalue weighted by molar-refractivity contribution is 0.0733. The summed E-state index contributed by atoms with van der Waals surface area (Å²) in [5.74, 6) is 0.774. The molecule has 6 heteroatoms. The summed E-state index contributed by atoms with van der Waals surface area (Å²) < 4.78 is 10.3. The summed E-state index contributed by atoms with van der Waals surface area (Å²) in [4.78, 5) is 8.42. The third kappa shape index (κ3) is 7.70. The minimum absolute atomic E-state index is 0.615. The van der Waals surface area contributed by atoms with Gasteiger partial charge in [-0.2, -0.15) is 0 Å². The number of aromatic nitrogens is 1. The van der Waals surface area contributed by atoms with Gasteiger partial charge < -0.3 is 20.1 Å². The van der Waals surface area contributed by atoms with Crippen LogP contribution in [0.15, 0.2) is 29.4 Å². The van der Waals surface area contributed by atoms with Gasteiger partial charge >= 0.3 is 0 Å². The Hall–Kier alpha value is -1.66. The van der Waals surface area contributed by atoms with Crippen molar-refractivity contribution < 1.29 is 9.47 Å². The molecule has 0 bridgehead atoms. The third-order valence-electron chi connectivity index (χ3n) is 2.59. The molecular weight excluding hydrogens is 256 g/mol. The highest BCUT2D eigenvalue weighted by atomic mass is 16.5. The average Bonchev–Trinajstić information content (AvgIpc) is 2.50. The highest BCUT2D eigenvalue weighted by Crippen LogP contribution is 1.92. The lowest BCUT2D eigenvalue weighted by Crippen LogP contribution is -2.40. The van der Waals surface area contributed by atoms with Gasteiger partial charge in [0.15, 0.2) is 5.96 Å². The zero-order chi connectivity index (χ0) is 14.5. The molecule has 0 saturated heterocycles. The summed E-state index contributed by atoms with van der Waals surface area (Å²) in [6.45, 7) is 3.37. The van der Waals surface area contributed by atoms with Gasteiger partial charge in [0.1, 0.15) is 0 Å². The molecule has 2 N–H and O–H groups in total. The van der Waals surface area contributed by atoms with Crippen molar-refractivity contribution in [3.63, 3.8) is 0 Å². The lowest BCUT2D eigenvalue weighted by atomic mass is 10.3. The average molecular weight is 280 g/mol. The molecule has 0 aliphatic rings. The van der Waals surface area contributed by atoms with Crippen LogP contribution in [0.3, 0.4) is 0 Å². The molecule has 1 aromatic heterocycles. The topological polar surface area (TPSA) is 67.8 Å². The first-order valence-corrected chi connectivity index (χ1v) is 6.78. The maximum absolute atomic E-state index is 5.36. The fourth-order valence-electron chi connectivity index (χ4n) is 1.56. The van der Waals surface area contributed by atoms with Gasteiger partial charge in [-0.1, -0.05) is 6.07 Å². The Bertz CT molecular complexity index is 371. The summed E-state index contributed by atoms with van der Waals surface area (Å²) in [6, 6.07) is 5.93. The summed E-state index contributed by atoms with van der Waals surface area (Å²) in [6.07, 6.45) is 2.67. The molecule has 6 nitrogen and oxygen atoms in total. The van der Waals surface area contributed by atoms with E-state index in [2.05, 4.69) is 20.6 Å². The van der Waals surface area contributed by atoms with Crippen LogP contribution < -0.4 is 10.6 Å². The van der Waals surface area contributed by atoms with E-state index in [-0.39, 0.29) is 0 Å². The van der Waals surface area contributed by atoms with Gasteiger partial charge in [0.25, 0.3) is 0 Å². The van der Waals surface area contributed by atoms with Crippen molar-refractivity contribution in [2.75, 3.05) is 47.1 Å². The number of hydrogen-bond donors (Lipinski definition) is 2. The normalized spacial score (nSPS) is 11.4. The Morgan fingerprint density at radius 2 is 2.05 bits per heavy atom. The summed E-state index contributed by atoms with van der Waals surface area (Å²) >= 11 is 0. The first kappa shape index (κ1) is 16.4. The van der Waals surface area contributed by atoms with E-state index in [9.17, 15) is 0 Å². The Kier molecular flexibility index (Phi) is 9.17. The number of guanidine groups is 1. The van der Waals surface area contributed by atoms with E-state index in [1.807, 2.05) is 18.2 Å². The second-order valence-corrected chi connectivity index (χ2v) is 4.10. The zero-order valence-corrected chi connectivity index (χ0v) is 12.3. The van der Waals surface area contributed by atoms with E-state index in [0.29, 0.717) is 26.4 Å². The molecule has 0 saturated carbocycles. The molecule has 0 fully saturated rings. The molecule has 1 rings (SSSR count). The summed E-state index contributed by atoms with van der Waals surface area (Å²) in [5.41, 5.74) is 1.07. The Morgan fingerprint density at radius 3 is 2.75 bits per heavy atom. The molecule has 0 radical (unpaired) electrons.